The predicted molar refractivity (Wildman–Crippen MR) is 148 cm³/mol. The van der Waals surface area contributed by atoms with Crippen molar-refractivity contribution in [2.45, 2.75) is 51.6 Å². The Labute approximate surface area is 229 Å². The highest BCUT2D eigenvalue weighted by molar-refractivity contribution is 6.33. The summed E-state index contributed by atoms with van der Waals surface area (Å²) in [6.45, 7) is 3.44. The lowest BCUT2D eigenvalue weighted by atomic mass is 10.0. The van der Waals surface area contributed by atoms with E-state index in [1.807, 2.05) is 0 Å². The van der Waals surface area contributed by atoms with Crippen molar-refractivity contribution in [2.75, 3.05) is 25.1 Å². The van der Waals surface area contributed by atoms with Crippen LogP contribution in [0.3, 0.4) is 0 Å². The zero-order chi connectivity index (χ0) is 27.4. The molecule has 3 aromatic heterocycles. The minimum atomic E-state index is -0.365. The maximum absolute atomic E-state index is 13.9. The number of Topliss-reactive ketones (excluding diaryl/α,β-unsaturated/α-hetero) is 1. The lowest BCUT2D eigenvalue weighted by Crippen LogP contribution is -2.29. The van der Waals surface area contributed by atoms with E-state index in [4.69, 9.17) is 26.6 Å². The first kappa shape index (κ1) is 26.9. The molecule has 1 saturated heterocycles. The second kappa shape index (κ2) is 12.0. The molecule has 1 fully saturated rings. The number of hydrogen-bond donors (Lipinski definition) is 2. The van der Waals surface area contributed by atoms with E-state index >= 15 is 0 Å². The van der Waals surface area contributed by atoms with Gasteiger partial charge in [-0.2, -0.15) is 9.97 Å². The smallest absolute Gasteiger partial charge is 0.260 e. The minimum absolute atomic E-state index is 0.0736. The Balaban J connectivity index is 1.55. The van der Waals surface area contributed by atoms with Crippen molar-refractivity contribution in [3.8, 4) is 22.5 Å². The fourth-order valence-electron chi connectivity index (χ4n) is 4.60. The highest BCUT2D eigenvalue weighted by Gasteiger charge is 2.20. The summed E-state index contributed by atoms with van der Waals surface area (Å²) in [5.41, 5.74) is 7.11. The van der Waals surface area contributed by atoms with Crippen LogP contribution in [0, 0.1) is 6.92 Å². The Morgan fingerprint density at radius 2 is 2.00 bits per heavy atom. The molecule has 1 aliphatic rings. The van der Waals surface area contributed by atoms with Gasteiger partial charge in [-0.15, -0.1) is 0 Å². The Morgan fingerprint density at radius 1 is 1.18 bits per heavy atom. The molecule has 204 valence electrons. The maximum Gasteiger partial charge on any atom is 0.260 e. The number of nitrogens with two attached hydrogens (primary N) is 1. The lowest BCUT2D eigenvalue weighted by molar-refractivity contribution is -0.119. The molecule has 4 heterocycles. The number of pyridine rings is 1. The van der Waals surface area contributed by atoms with Crippen LogP contribution in [-0.4, -0.2) is 56.3 Å². The van der Waals surface area contributed by atoms with Crippen LogP contribution < -0.4 is 16.6 Å². The normalized spacial score (nSPS) is 14.1. The Hall–Kier alpha value is -3.67. The molecule has 5 rings (SSSR count). The highest BCUT2D eigenvalue weighted by Crippen LogP contribution is 2.31. The lowest BCUT2D eigenvalue weighted by Gasteiger charge is -2.23. The average molecular weight is 552 g/mol. The standard InChI is InChI=1S/C27H30ClN7O4/c1-16-31-24(34-39-16)17-5-6-21(23(28)13-17)22-12-18-14-30-27(32-19-7-10-38-11-8-19)33-25(18)35(26(22)37)15-20(36)4-2-3-9-29/h5-6,12-14,19H,2-4,7-11,15,29H2,1H3,(H,30,32,33). The Morgan fingerprint density at radius 3 is 2.72 bits per heavy atom. The molecule has 1 aromatic carbocycles. The number of anilines is 1. The van der Waals surface area contributed by atoms with Crippen molar-refractivity contribution >= 4 is 34.4 Å². The summed E-state index contributed by atoms with van der Waals surface area (Å²) in [7, 11) is 0. The van der Waals surface area contributed by atoms with Crippen LogP contribution in [0.2, 0.25) is 5.02 Å². The first-order valence-corrected chi connectivity index (χ1v) is 13.4. The molecule has 0 unspecified atom stereocenters. The molecule has 1 aliphatic heterocycles. The van der Waals surface area contributed by atoms with Gasteiger partial charge in [0.05, 0.1) is 6.54 Å². The monoisotopic (exact) mass is 551 g/mol. The van der Waals surface area contributed by atoms with E-state index in [2.05, 4.69) is 25.4 Å². The van der Waals surface area contributed by atoms with Crippen LogP contribution in [0.5, 0.6) is 0 Å². The van der Waals surface area contributed by atoms with Crippen molar-refractivity contribution in [3.05, 3.63) is 51.7 Å². The van der Waals surface area contributed by atoms with Gasteiger partial charge in [0.15, 0.2) is 5.78 Å². The Kier molecular flexibility index (Phi) is 8.30. The first-order valence-electron chi connectivity index (χ1n) is 13.0. The minimum Gasteiger partial charge on any atom is -0.381 e. The van der Waals surface area contributed by atoms with E-state index in [0.29, 0.717) is 83.0 Å². The summed E-state index contributed by atoms with van der Waals surface area (Å²) in [6, 6.07) is 7.08. The summed E-state index contributed by atoms with van der Waals surface area (Å²) in [4.78, 5) is 40.1. The van der Waals surface area contributed by atoms with Crippen molar-refractivity contribution in [2.24, 2.45) is 5.73 Å². The number of halogens is 1. The molecular weight excluding hydrogens is 522 g/mol. The van der Waals surface area contributed by atoms with E-state index in [1.54, 1.807) is 37.4 Å². The summed E-state index contributed by atoms with van der Waals surface area (Å²) >= 11 is 6.66. The van der Waals surface area contributed by atoms with Gasteiger partial charge in [0.1, 0.15) is 5.65 Å². The molecule has 0 atom stereocenters. The molecule has 0 spiro atoms. The molecule has 0 saturated carbocycles. The third kappa shape index (κ3) is 6.16. The number of benzene rings is 1. The quantitative estimate of drug-likeness (QED) is 0.279. The molecular formula is C27H30ClN7O4. The third-order valence-corrected chi connectivity index (χ3v) is 6.98. The Bertz CT molecular complexity index is 1550. The molecule has 39 heavy (non-hydrogen) atoms. The largest absolute Gasteiger partial charge is 0.381 e. The number of aromatic nitrogens is 5. The number of carbonyl (C=O) groups is 1. The molecule has 12 heteroatoms. The van der Waals surface area contributed by atoms with E-state index in [0.717, 1.165) is 19.3 Å². The predicted octanol–water partition coefficient (Wildman–Crippen LogP) is 3.76. The second-order valence-corrected chi connectivity index (χ2v) is 9.98. The van der Waals surface area contributed by atoms with Crippen molar-refractivity contribution in [1.29, 1.82) is 0 Å². The number of carbonyl (C=O) groups excluding carboxylic acids is 1. The van der Waals surface area contributed by atoms with Crippen molar-refractivity contribution in [3.63, 3.8) is 0 Å². The molecule has 3 N–H and O–H groups in total. The fourth-order valence-corrected chi connectivity index (χ4v) is 4.89. The van der Waals surface area contributed by atoms with E-state index < -0.39 is 0 Å². The maximum atomic E-state index is 13.9. The second-order valence-electron chi connectivity index (χ2n) is 9.57. The van der Waals surface area contributed by atoms with Crippen LogP contribution in [0.25, 0.3) is 33.5 Å². The zero-order valence-corrected chi connectivity index (χ0v) is 22.4. The summed E-state index contributed by atoms with van der Waals surface area (Å²) < 4.78 is 11.9. The number of hydrogen-bond acceptors (Lipinski definition) is 10. The van der Waals surface area contributed by atoms with Gasteiger partial charge in [-0.05, 0) is 44.4 Å². The number of unbranched alkanes of at least 4 members (excludes halogenated alkanes) is 1. The third-order valence-electron chi connectivity index (χ3n) is 6.67. The van der Waals surface area contributed by atoms with Gasteiger partial charge in [0.2, 0.25) is 17.7 Å². The number of ketones is 1. The molecule has 0 aliphatic carbocycles. The van der Waals surface area contributed by atoms with Crippen LogP contribution in [0.4, 0.5) is 5.95 Å². The molecule has 0 radical (unpaired) electrons. The van der Waals surface area contributed by atoms with E-state index in [1.165, 1.54) is 4.57 Å². The summed E-state index contributed by atoms with van der Waals surface area (Å²) in [5.74, 6) is 1.17. The van der Waals surface area contributed by atoms with Crippen LogP contribution in [-0.2, 0) is 16.1 Å². The number of nitrogens with one attached hydrogen (secondary N) is 1. The zero-order valence-electron chi connectivity index (χ0n) is 21.7. The number of ether oxygens (including phenoxy) is 1. The number of fused-ring (bicyclic) bond motifs is 1. The average Bonchev–Trinajstić information content (AvgIpc) is 3.37. The van der Waals surface area contributed by atoms with Gasteiger partial charge >= 0.3 is 0 Å². The number of aryl methyl sites for hydroxylation is 1. The molecule has 0 bridgehead atoms. The fraction of sp³-hybridized carbons (Fsp3) is 0.407. The van der Waals surface area contributed by atoms with Gasteiger partial charge in [-0.25, -0.2) is 4.98 Å². The van der Waals surface area contributed by atoms with E-state index in [9.17, 15) is 9.59 Å². The SMILES string of the molecule is Cc1nc(-c2ccc(-c3cc4cnc(NC5CCOCC5)nc4n(CC(=O)CCCCN)c3=O)c(Cl)c2)no1. The van der Waals surface area contributed by atoms with Crippen LogP contribution >= 0.6 is 11.6 Å². The van der Waals surface area contributed by atoms with Gasteiger partial charge in [0, 0.05) is 65.9 Å². The van der Waals surface area contributed by atoms with Gasteiger partial charge in [-0.3, -0.25) is 14.2 Å². The van der Waals surface area contributed by atoms with Gasteiger partial charge in [0.25, 0.3) is 5.56 Å². The van der Waals surface area contributed by atoms with Crippen LogP contribution in [0.1, 0.15) is 38.0 Å². The van der Waals surface area contributed by atoms with E-state index in [-0.39, 0.29) is 23.9 Å². The van der Waals surface area contributed by atoms with Crippen molar-refractivity contribution in [1.82, 2.24) is 24.7 Å². The first-order chi connectivity index (χ1) is 18.9. The van der Waals surface area contributed by atoms with Crippen molar-refractivity contribution < 1.29 is 14.1 Å². The van der Waals surface area contributed by atoms with Crippen LogP contribution in [0.15, 0.2) is 39.8 Å². The number of rotatable bonds is 10. The topological polar surface area (TPSA) is 151 Å². The molecule has 11 nitrogen and oxygen atoms in total. The molecule has 0 amide bonds. The molecule has 4 aromatic rings. The summed E-state index contributed by atoms with van der Waals surface area (Å²) in [5, 5.41) is 8.22. The van der Waals surface area contributed by atoms with Gasteiger partial charge in [-0.1, -0.05) is 28.9 Å². The van der Waals surface area contributed by atoms with Gasteiger partial charge < -0.3 is 20.3 Å². The summed E-state index contributed by atoms with van der Waals surface area (Å²) in [6.07, 6.45) is 5.07. The highest BCUT2D eigenvalue weighted by atomic mass is 35.5. The number of nitrogens with zero attached hydrogens (tertiary/aromatic N) is 5.